The Labute approximate surface area is 123 Å². The van der Waals surface area contributed by atoms with Gasteiger partial charge in [-0.05, 0) is 31.0 Å². The van der Waals surface area contributed by atoms with E-state index in [-0.39, 0.29) is 5.91 Å². The highest BCUT2D eigenvalue weighted by Crippen LogP contribution is 2.25. The summed E-state index contributed by atoms with van der Waals surface area (Å²) < 4.78 is 6.39. The third-order valence-corrected chi connectivity index (χ3v) is 4.02. The maximum absolute atomic E-state index is 12.1. The number of hydrogen-bond acceptors (Lipinski definition) is 2. The van der Waals surface area contributed by atoms with E-state index in [4.69, 9.17) is 4.74 Å². The van der Waals surface area contributed by atoms with Crippen molar-refractivity contribution >= 4 is 21.8 Å². The number of halogens is 1. The fourth-order valence-corrected chi connectivity index (χ4v) is 2.87. The summed E-state index contributed by atoms with van der Waals surface area (Å²) in [6.07, 6.45) is 5.20. The van der Waals surface area contributed by atoms with E-state index in [0.29, 0.717) is 13.0 Å². The standard InChI is InChI=1S/C15H20BrNO2/c1-19-14-8-7-13(16)10-12(14)11-17-9-5-3-2-4-6-15(17)18/h7-8,10H,2-6,9,11H2,1H3. The summed E-state index contributed by atoms with van der Waals surface area (Å²) in [4.78, 5) is 14.1. The Hall–Kier alpha value is -1.03. The van der Waals surface area contributed by atoms with Crippen molar-refractivity contribution in [3.05, 3.63) is 28.2 Å². The molecule has 1 aliphatic heterocycles. The summed E-state index contributed by atoms with van der Waals surface area (Å²) in [6.45, 7) is 1.50. The molecule has 1 aliphatic rings. The van der Waals surface area contributed by atoms with Crippen LogP contribution in [0.1, 0.15) is 37.7 Å². The van der Waals surface area contributed by atoms with Crippen molar-refractivity contribution in [1.29, 1.82) is 0 Å². The lowest BCUT2D eigenvalue weighted by molar-refractivity contribution is -0.132. The van der Waals surface area contributed by atoms with Gasteiger partial charge in [-0.1, -0.05) is 28.8 Å². The number of ether oxygens (including phenoxy) is 1. The van der Waals surface area contributed by atoms with Crippen molar-refractivity contribution in [3.63, 3.8) is 0 Å². The van der Waals surface area contributed by atoms with Crippen LogP contribution in [0.25, 0.3) is 0 Å². The van der Waals surface area contributed by atoms with E-state index < -0.39 is 0 Å². The van der Waals surface area contributed by atoms with Crippen molar-refractivity contribution in [1.82, 2.24) is 4.90 Å². The first-order valence-corrected chi connectivity index (χ1v) is 7.60. The van der Waals surface area contributed by atoms with E-state index in [1.807, 2.05) is 23.1 Å². The summed E-state index contributed by atoms with van der Waals surface area (Å²) in [6, 6.07) is 5.93. The van der Waals surface area contributed by atoms with Gasteiger partial charge in [-0.15, -0.1) is 0 Å². The van der Waals surface area contributed by atoms with Crippen molar-refractivity contribution in [3.8, 4) is 5.75 Å². The van der Waals surface area contributed by atoms with E-state index in [0.717, 1.165) is 35.2 Å². The number of carbonyl (C=O) groups is 1. The molecule has 0 bridgehead atoms. The zero-order valence-corrected chi connectivity index (χ0v) is 12.9. The van der Waals surface area contributed by atoms with Gasteiger partial charge in [0.1, 0.15) is 5.75 Å². The average molecular weight is 326 g/mol. The number of carbonyl (C=O) groups excluding carboxylic acids is 1. The lowest BCUT2D eigenvalue weighted by Crippen LogP contribution is -2.32. The molecule has 0 N–H and O–H groups in total. The van der Waals surface area contributed by atoms with Gasteiger partial charge in [0, 0.05) is 29.5 Å². The number of hydrogen-bond donors (Lipinski definition) is 0. The molecular formula is C15H20BrNO2. The Morgan fingerprint density at radius 1 is 1.26 bits per heavy atom. The largest absolute Gasteiger partial charge is 0.496 e. The van der Waals surface area contributed by atoms with Crippen molar-refractivity contribution < 1.29 is 9.53 Å². The topological polar surface area (TPSA) is 29.5 Å². The minimum atomic E-state index is 0.265. The molecule has 1 saturated heterocycles. The SMILES string of the molecule is COc1ccc(Br)cc1CN1CCCCCCC1=O. The third-order valence-electron chi connectivity index (χ3n) is 3.53. The molecule has 1 aromatic carbocycles. The molecule has 0 aliphatic carbocycles. The summed E-state index contributed by atoms with van der Waals surface area (Å²) in [5, 5.41) is 0. The van der Waals surface area contributed by atoms with Gasteiger partial charge in [0.25, 0.3) is 0 Å². The van der Waals surface area contributed by atoms with E-state index in [1.165, 1.54) is 12.8 Å². The first-order chi connectivity index (χ1) is 9.20. The molecule has 0 aromatic heterocycles. The number of likely N-dealkylation sites (tertiary alicyclic amines) is 1. The first-order valence-electron chi connectivity index (χ1n) is 6.81. The minimum absolute atomic E-state index is 0.265. The van der Waals surface area contributed by atoms with Gasteiger partial charge in [-0.25, -0.2) is 0 Å². The first kappa shape index (κ1) is 14.4. The zero-order chi connectivity index (χ0) is 13.7. The molecule has 1 fully saturated rings. The van der Waals surface area contributed by atoms with Crippen molar-refractivity contribution in [2.75, 3.05) is 13.7 Å². The average Bonchev–Trinajstić information content (AvgIpc) is 2.39. The predicted molar refractivity (Wildman–Crippen MR) is 79.2 cm³/mol. The predicted octanol–water partition coefficient (Wildman–Crippen LogP) is 3.75. The van der Waals surface area contributed by atoms with Gasteiger partial charge in [-0.2, -0.15) is 0 Å². The van der Waals surface area contributed by atoms with Crippen LogP contribution in [0.15, 0.2) is 22.7 Å². The van der Waals surface area contributed by atoms with Crippen LogP contribution in [0.3, 0.4) is 0 Å². The molecule has 0 atom stereocenters. The van der Waals surface area contributed by atoms with E-state index in [2.05, 4.69) is 15.9 Å². The van der Waals surface area contributed by atoms with E-state index in [9.17, 15) is 4.79 Å². The maximum Gasteiger partial charge on any atom is 0.222 e. The lowest BCUT2D eigenvalue weighted by atomic mass is 10.1. The van der Waals surface area contributed by atoms with Gasteiger partial charge in [0.2, 0.25) is 5.91 Å². The number of nitrogens with zero attached hydrogens (tertiary/aromatic N) is 1. The monoisotopic (exact) mass is 325 g/mol. The van der Waals surface area contributed by atoms with Gasteiger partial charge in [0.05, 0.1) is 7.11 Å². The lowest BCUT2D eigenvalue weighted by Gasteiger charge is -2.25. The molecule has 0 spiro atoms. The number of amides is 1. The Bertz CT molecular complexity index is 448. The Kier molecular flexibility index (Phi) is 5.25. The van der Waals surface area contributed by atoms with Crippen LogP contribution in [0.5, 0.6) is 5.75 Å². The van der Waals surface area contributed by atoms with E-state index >= 15 is 0 Å². The van der Waals surface area contributed by atoms with Crippen LogP contribution >= 0.6 is 15.9 Å². The fraction of sp³-hybridized carbons (Fsp3) is 0.533. The maximum atomic E-state index is 12.1. The zero-order valence-electron chi connectivity index (χ0n) is 11.3. The van der Waals surface area contributed by atoms with Crippen molar-refractivity contribution in [2.24, 2.45) is 0 Å². The van der Waals surface area contributed by atoms with Crippen LogP contribution in [0.4, 0.5) is 0 Å². The molecule has 104 valence electrons. The molecule has 19 heavy (non-hydrogen) atoms. The van der Waals surface area contributed by atoms with Crippen LogP contribution < -0.4 is 4.74 Å². The number of rotatable bonds is 3. The van der Waals surface area contributed by atoms with Gasteiger partial charge in [-0.3, -0.25) is 4.79 Å². The molecule has 0 radical (unpaired) electrons. The summed E-state index contributed by atoms with van der Waals surface area (Å²) in [7, 11) is 1.67. The van der Waals surface area contributed by atoms with Crippen LogP contribution in [-0.4, -0.2) is 24.5 Å². The van der Waals surface area contributed by atoms with Crippen LogP contribution in [0.2, 0.25) is 0 Å². The second-order valence-corrected chi connectivity index (χ2v) is 5.85. The van der Waals surface area contributed by atoms with Crippen LogP contribution in [-0.2, 0) is 11.3 Å². The second-order valence-electron chi connectivity index (χ2n) is 4.94. The van der Waals surface area contributed by atoms with Crippen LogP contribution in [0, 0.1) is 0 Å². The summed E-state index contributed by atoms with van der Waals surface area (Å²) in [5.41, 5.74) is 1.06. The van der Waals surface area contributed by atoms with Gasteiger partial charge in [0.15, 0.2) is 0 Å². The highest BCUT2D eigenvalue weighted by Gasteiger charge is 2.17. The molecule has 3 nitrogen and oxygen atoms in total. The molecule has 4 heteroatoms. The molecule has 2 rings (SSSR count). The normalized spacial score (nSPS) is 16.9. The number of benzene rings is 1. The summed E-state index contributed by atoms with van der Waals surface area (Å²) in [5.74, 6) is 1.11. The molecule has 0 unspecified atom stereocenters. The molecular weight excluding hydrogens is 306 g/mol. The molecule has 1 amide bonds. The fourth-order valence-electron chi connectivity index (χ4n) is 2.46. The summed E-state index contributed by atoms with van der Waals surface area (Å²) >= 11 is 3.47. The highest BCUT2D eigenvalue weighted by molar-refractivity contribution is 9.10. The Balaban J connectivity index is 2.13. The second kappa shape index (κ2) is 6.94. The molecule has 0 saturated carbocycles. The number of methoxy groups -OCH3 is 1. The van der Waals surface area contributed by atoms with Gasteiger partial charge < -0.3 is 9.64 Å². The highest BCUT2D eigenvalue weighted by atomic mass is 79.9. The van der Waals surface area contributed by atoms with E-state index in [1.54, 1.807) is 7.11 Å². The Morgan fingerprint density at radius 3 is 2.84 bits per heavy atom. The quantitative estimate of drug-likeness (QED) is 0.847. The van der Waals surface area contributed by atoms with Gasteiger partial charge >= 0.3 is 0 Å². The third kappa shape index (κ3) is 3.96. The molecule has 1 heterocycles. The Morgan fingerprint density at radius 2 is 2.05 bits per heavy atom. The van der Waals surface area contributed by atoms with Crippen molar-refractivity contribution in [2.45, 2.75) is 38.6 Å². The molecule has 1 aromatic rings. The minimum Gasteiger partial charge on any atom is -0.496 e. The smallest absolute Gasteiger partial charge is 0.222 e.